The van der Waals surface area contributed by atoms with E-state index in [0.29, 0.717) is 5.92 Å². The molecule has 1 atom stereocenters. The fourth-order valence-electron chi connectivity index (χ4n) is 5.25. The van der Waals surface area contributed by atoms with Gasteiger partial charge in [0.15, 0.2) is 0 Å². The predicted octanol–water partition coefficient (Wildman–Crippen LogP) is 8.74. The molecule has 170 valence electrons. The molecular formula is C32H31NS. The molecular weight excluding hydrogens is 430 g/mol. The van der Waals surface area contributed by atoms with Crippen molar-refractivity contribution in [2.45, 2.75) is 44.4 Å². The highest BCUT2D eigenvalue weighted by atomic mass is 32.2. The number of allylic oxidation sites excluding steroid dienone is 2. The van der Waals surface area contributed by atoms with E-state index in [1.807, 2.05) is 6.08 Å². The van der Waals surface area contributed by atoms with Gasteiger partial charge in [-0.15, -0.1) is 11.8 Å². The zero-order valence-electron chi connectivity index (χ0n) is 20.5. The van der Waals surface area contributed by atoms with Crippen LogP contribution in [0.1, 0.15) is 58.8 Å². The minimum absolute atomic E-state index is 0.424. The summed E-state index contributed by atoms with van der Waals surface area (Å²) in [7, 11) is 0. The number of rotatable bonds is 6. The first-order valence-electron chi connectivity index (χ1n) is 12.0. The van der Waals surface area contributed by atoms with Crippen molar-refractivity contribution in [3.63, 3.8) is 0 Å². The largest absolute Gasteiger partial charge is 0.248 e. The molecule has 1 nitrogen and oxygen atoms in total. The van der Waals surface area contributed by atoms with E-state index in [2.05, 4.69) is 100 Å². The van der Waals surface area contributed by atoms with E-state index >= 15 is 0 Å². The lowest BCUT2D eigenvalue weighted by atomic mass is 9.89. The lowest BCUT2D eigenvalue weighted by Crippen LogP contribution is -2.03. The van der Waals surface area contributed by atoms with Gasteiger partial charge in [-0.1, -0.05) is 68.1 Å². The quantitative estimate of drug-likeness (QED) is 0.266. The van der Waals surface area contributed by atoms with Crippen molar-refractivity contribution in [3.8, 4) is 0 Å². The van der Waals surface area contributed by atoms with Gasteiger partial charge in [-0.2, -0.15) is 0 Å². The molecule has 0 spiro atoms. The van der Waals surface area contributed by atoms with Crippen molar-refractivity contribution in [1.82, 2.24) is 4.98 Å². The molecule has 0 amide bonds. The van der Waals surface area contributed by atoms with Crippen molar-refractivity contribution in [1.29, 1.82) is 0 Å². The molecule has 1 aromatic heterocycles. The maximum Gasteiger partial charge on any atom is 0.0747 e. The third-order valence-electron chi connectivity index (χ3n) is 7.26. The Balaban J connectivity index is 1.58. The second kappa shape index (κ2) is 9.27. The van der Waals surface area contributed by atoms with Crippen LogP contribution in [0.4, 0.5) is 0 Å². The number of hydrogen-bond donors (Lipinski definition) is 0. The summed E-state index contributed by atoms with van der Waals surface area (Å²) in [5.74, 6) is 0.424. The lowest BCUT2D eigenvalue weighted by molar-refractivity contribution is 0.762. The average molecular weight is 462 g/mol. The number of pyridine rings is 1. The summed E-state index contributed by atoms with van der Waals surface area (Å²) in [5.41, 5.74) is 12.7. The van der Waals surface area contributed by atoms with E-state index in [-0.39, 0.29) is 0 Å². The first-order valence-corrected chi connectivity index (χ1v) is 13.2. The molecule has 0 bridgehead atoms. The maximum atomic E-state index is 5.25. The molecule has 1 aliphatic carbocycles. The molecule has 0 saturated carbocycles. The Labute approximate surface area is 207 Å². The van der Waals surface area contributed by atoms with Gasteiger partial charge < -0.3 is 0 Å². The number of thioether (sulfide) groups is 1. The number of benzene rings is 3. The number of nitrogens with zero attached hydrogens (tertiary/aromatic N) is 1. The van der Waals surface area contributed by atoms with Crippen LogP contribution in [0.5, 0.6) is 0 Å². The van der Waals surface area contributed by atoms with Gasteiger partial charge in [0.25, 0.3) is 0 Å². The lowest BCUT2D eigenvalue weighted by Gasteiger charge is -2.18. The molecule has 4 aromatic rings. The Morgan fingerprint density at radius 3 is 2.50 bits per heavy atom. The van der Waals surface area contributed by atoms with Gasteiger partial charge in [-0.3, -0.25) is 0 Å². The Morgan fingerprint density at radius 2 is 1.79 bits per heavy atom. The van der Waals surface area contributed by atoms with E-state index in [1.54, 1.807) is 11.8 Å². The SMILES string of the molecule is C=Cc1cc(C2=C(C)c3ccccc3C2)nc2c(C)ccc(CC(C)c3ccc(SC)cc3)c12. The first kappa shape index (κ1) is 22.7. The van der Waals surface area contributed by atoms with Crippen LogP contribution in [0.2, 0.25) is 0 Å². The van der Waals surface area contributed by atoms with Crippen LogP contribution in [-0.2, 0) is 12.8 Å². The first-order chi connectivity index (χ1) is 16.5. The van der Waals surface area contributed by atoms with Crippen LogP contribution in [-0.4, -0.2) is 11.2 Å². The van der Waals surface area contributed by atoms with E-state index in [0.717, 1.165) is 24.1 Å². The van der Waals surface area contributed by atoms with E-state index < -0.39 is 0 Å². The van der Waals surface area contributed by atoms with Crippen LogP contribution >= 0.6 is 11.8 Å². The van der Waals surface area contributed by atoms with Gasteiger partial charge in [0.2, 0.25) is 0 Å². The van der Waals surface area contributed by atoms with Crippen molar-refractivity contribution in [2.24, 2.45) is 0 Å². The minimum atomic E-state index is 0.424. The van der Waals surface area contributed by atoms with Crippen molar-refractivity contribution >= 4 is 39.9 Å². The standard InChI is InChI=1S/C32H31NS/c1-6-23-19-30(29-18-25-9-7-8-10-28(25)22(29)4)33-32-20(2)11-12-26(31(23)32)17-21(3)24-13-15-27(34-5)16-14-24/h6-16,19,21H,1,17-18H2,2-5H3. The second-order valence-electron chi connectivity index (χ2n) is 9.38. The Hall–Kier alpha value is -3.10. The molecule has 0 aliphatic heterocycles. The third kappa shape index (κ3) is 4.01. The van der Waals surface area contributed by atoms with Crippen LogP contribution in [0.3, 0.4) is 0 Å². The van der Waals surface area contributed by atoms with Crippen molar-refractivity contribution < 1.29 is 0 Å². The van der Waals surface area contributed by atoms with E-state index in [1.165, 1.54) is 54.8 Å². The minimum Gasteiger partial charge on any atom is -0.248 e. The zero-order valence-corrected chi connectivity index (χ0v) is 21.3. The monoisotopic (exact) mass is 461 g/mol. The zero-order chi connectivity index (χ0) is 23.8. The number of aryl methyl sites for hydroxylation is 1. The number of aromatic nitrogens is 1. The van der Waals surface area contributed by atoms with E-state index in [9.17, 15) is 0 Å². The van der Waals surface area contributed by atoms with Crippen LogP contribution < -0.4 is 0 Å². The molecule has 1 unspecified atom stereocenters. The number of hydrogen-bond acceptors (Lipinski definition) is 2. The van der Waals surface area contributed by atoms with Crippen LogP contribution in [0.25, 0.3) is 28.1 Å². The van der Waals surface area contributed by atoms with Crippen LogP contribution in [0.15, 0.2) is 78.2 Å². The van der Waals surface area contributed by atoms with E-state index in [4.69, 9.17) is 4.98 Å². The Morgan fingerprint density at radius 1 is 1.03 bits per heavy atom. The van der Waals surface area contributed by atoms with Gasteiger partial charge in [-0.25, -0.2) is 4.98 Å². The summed E-state index contributed by atoms with van der Waals surface area (Å²) in [6.45, 7) is 10.9. The maximum absolute atomic E-state index is 5.25. The molecule has 0 saturated heterocycles. The van der Waals surface area contributed by atoms with Crippen molar-refractivity contribution in [2.75, 3.05) is 6.26 Å². The number of fused-ring (bicyclic) bond motifs is 2. The fourth-order valence-corrected chi connectivity index (χ4v) is 5.66. The highest BCUT2D eigenvalue weighted by molar-refractivity contribution is 7.98. The Bertz CT molecular complexity index is 1430. The molecule has 0 radical (unpaired) electrons. The summed E-state index contributed by atoms with van der Waals surface area (Å²) >= 11 is 1.79. The molecule has 3 aromatic carbocycles. The average Bonchev–Trinajstić information content (AvgIpc) is 3.21. The van der Waals surface area contributed by atoms with Gasteiger partial charge in [0, 0.05) is 16.7 Å². The molecule has 34 heavy (non-hydrogen) atoms. The predicted molar refractivity (Wildman–Crippen MR) is 150 cm³/mol. The summed E-state index contributed by atoms with van der Waals surface area (Å²) in [6, 6.07) is 24.5. The summed E-state index contributed by atoms with van der Waals surface area (Å²) in [4.78, 5) is 6.56. The van der Waals surface area contributed by atoms with Gasteiger partial charge in [-0.05, 0) is 95.2 Å². The van der Waals surface area contributed by atoms with Crippen LogP contribution in [0, 0.1) is 6.92 Å². The van der Waals surface area contributed by atoms with Gasteiger partial charge in [0.1, 0.15) is 0 Å². The second-order valence-corrected chi connectivity index (χ2v) is 10.3. The topological polar surface area (TPSA) is 12.9 Å². The van der Waals surface area contributed by atoms with Crippen molar-refractivity contribution in [3.05, 3.63) is 112 Å². The Kier molecular flexibility index (Phi) is 6.18. The summed E-state index contributed by atoms with van der Waals surface area (Å²) in [5, 5.41) is 1.25. The smallest absolute Gasteiger partial charge is 0.0747 e. The summed E-state index contributed by atoms with van der Waals surface area (Å²) < 4.78 is 0. The normalized spacial score (nSPS) is 13.9. The summed E-state index contributed by atoms with van der Waals surface area (Å²) in [6.07, 6.45) is 6.05. The molecule has 0 fully saturated rings. The molecule has 1 heterocycles. The highest BCUT2D eigenvalue weighted by Gasteiger charge is 2.22. The van der Waals surface area contributed by atoms with Gasteiger partial charge >= 0.3 is 0 Å². The molecule has 0 N–H and O–H groups in total. The molecule has 5 rings (SSSR count). The third-order valence-corrected chi connectivity index (χ3v) is 8.00. The molecule has 1 aliphatic rings. The fraction of sp³-hybridized carbons (Fsp3) is 0.219. The van der Waals surface area contributed by atoms with Gasteiger partial charge in [0.05, 0.1) is 11.2 Å². The highest BCUT2D eigenvalue weighted by Crippen LogP contribution is 2.39. The molecule has 2 heteroatoms.